The average molecular weight is 498 g/mol. The summed E-state index contributed by atoms with van der Waals surface area (Å²) >= 11 is 0. The minimum absolute atomic E-state index is 0.0607. The molecular weight excluding hydrogens is 466 g/mol. The molecule has 190 valence electrons. The number of aryl methyl sites for hydroxylation is 2. The second-order valence-electron chi connectivity index (χ2n) is 10.7. The van der Waals surface area contributed by atoms with Gasteiger partial charge in [-0.3, -0.25) is 14.5 Å². The first-order valence-corrected chi connectivity index (χ1v) is 12.4. The number of rotatable bonds is 3. The molecule has 1 atom stereocenters. The summed E-state index contributed by atoms with van der Waals surface area (Å²) in [5.41, 5.74) is 4.66. The minimum Gasteiger partial charge on any atom is -0.507 e. The van der Waals surface area contributed by atoms with Crippen LogP contribution in [0.1, 0.15) is 54.6 Å². The minimum atomic E-state index is -0.809. The van der Waals surface area contributed by atoms with Crippen LogP contribution in [0.3, 0.4) is 0 Å². The number of carbonyl (C=O) groups excluding carboxylic acids is 2. The topological polar surface area (TPSA) is 76.1 Å². The number of carbonyl (C=O) groups is 2. The number of anilines is 1. The van der Waals surface area contributed by atoms with E-state index in [9.17, 15) is 14.7 Å². The van der Waals surface area contributed by atoms with Gasteiger partial charge in [-0.25, -0.2) is 0 Å². The molecule has 3 aromatic rings. The van der Waals surface area contributed by atoms with Gasteiger partial charge in [0.15, 0.2) is 11.5 Å². The van der Waals surface area contributed by atoms with Crippen molar-refractivity contribution >= 4 is 23.1 Å². The summed E-state index contributed by atoms with van der Waals surface area (Å²) in [6.45, 7) is 11.0. The Morgan fingerprint density at radius 1 is 0.892 bits per heavy atom. The molecule has 6 nitrogen and oxygen atoms in total. The van der Waals surface area contributed by atoms with Crippen LogP contribution < -0.4 is 14.4 Å². The molecule has 2 aliphatic heterocycles. The van der Waals surface area contributed by atoms with Gasteiger partial charge in [0.2, 0.25) is 0 Å². The molecule has 0 bridgehead atoms. The Hall–Kier alpha value is -4.06. The van der Waals surface area contributed by atoms with Crippen molar-refractivity contribution in [3.63, 3.8) is 0 Å². The van der Waals surface area contributed by atoms with Crippen LogP contribution in [-0.2, 0) is 15.0 Å². The highest BCUT2D eigenvalue weighted by Crippen LogP contribution is 2.45. The monoisotopic (exact) mass is 497 g/mol. The number of benzene rings is 3. The number of hydrogen-bond donors (Lipinski definition) is 1. The molecule has 0 radical (unpaired) electrons. The number of hydrogen-bond acceptors (Lipinski definition) is 5. The van der Waals surface area contributed by atoms with Crippen LogP contribution in [0.15, 0.2) is 66.2 Å². The second kappa shape index (κ2) is 9.11. The molecule has 0 aliphatic carbocycles. The molecule has 2 aliphatic rings. The summed E-state index contributed by atoms with van der Waals surface area (Å²) in [5, 5.41) is 11.5. The van der Waals surface area contributed by atoms with Gasteiger partial charge in [0.05, 0.1) is 11.6 Å². The van der Waals surface area contributed by atoms with E-state index in [0.29, 0.717) is 36.0 Å². The van der Waals surface area contributed by atoms with E-state index < -0.39 is 17.7 Å². The smallest absolute Gasteiger partial charge is 0.300 e. The quantitative estimate of drug-likeness (QED) is 0.273. The number of ether oxygens (including phenoxy) is 2. The van der Waals surface area contributed by atoms with Crippen molar-refractivity contribution in [2.24, 2.45) is 0 Å². The lowest BCUT2D eigenvalue weighted by molar-refractivity contribution is -0.132. The normalized spacial score (nSPS) is 18.8. The van der Waals surface area contributed by atoms with E-state index in [1.54, 1.807) is 18.2 Å². The maximum atomic E-state index is 13.5. The van der Waals surface area contributed by atoms with Gasteiger partial charge in [0.25, 0.3) is 11.7 Å². The molecule has 1 unspecified atom stereocenters. The molecule has 3 aromatic carbocycles. The van der Waals surface area contributed by atoms with Crippen LogP contribution in [0.5, 0.6) is 11.5 Å². The van der Waals surface area contributed by atoms with Gasteiger partial charge in [-0.15, -0.1) is 0 Å². The Bertz CT molecular complexity index is 1430. The Labute approximate surface area is 217 Å². The number of fused-ring (bicyclic) bond motifs is 1. The molecular formula is C31H31NO5. The van der Waals surface area contributed by atoms with Gasteiger partial charge in [0, 0.05) is 17.3 Å². The predicted octanol–water partition coefficient (Wildman–Crippen LogP) is 6.00. The zero-order valence-electron chi connectivity index (χ0n) is 21.8. The van der Waals surface area contributed by atoms with E-state index in [4.69, 9.17) is 9.47 Å². The molecule has 6 heteroatoms. The van der Waals surface area contributed by atoms with Gasteiger partial charge < -0.3 is 14.6 Å². The largest absolute Gasteiger partial charge is 0.507 e. The molecule has 1 N–H and O–H groups in total. The van der Waals surface area contributed by atoms with Crippen molar-refractivity contribution in [2.75, 3.05) is 18.1 Å². The number of nitrogens with zero attached hydrogens (tertiary/aromatic N) is 1. The van der Waals surface area contributed by atoms with Crippen LogP contribution in [0.4, 0.5) is 5.69 Å². The van der Waals surface area contributed by atoms with Gasteiger partial charge >= 0.3 is 0 Å². The molecule has 1 saturated heterocycles. The van der Waals surface area contributed by atoms with Crippen molar-refractivity contribution in [3.8, 4) is 11.5 Å². The lowest BCUT2D eigenvalue weighted by Crippen LogP contribution is -2.29. The molecule has 0 spiro atoms. The maximum Gasteiger partial charge on any atom is 0.300 e. The van der Waals surface area contributed by atoms with Crippen LogP contribution in [-0.4, -0.2) is 30.0 Å². The van der Waals surface area contributed by atoms with E-state index in [1.165, 1.54) is 4.90 Å². The van der Waals surface area contributed by atoms with Gasteiger partial charge in [-0.2, -0.15) is 0 Å². The van der Waals surface area contributed by atoms with Gasteiger partial charge in [-0.1, -0.05) is 62.7 Å². The van der Waals surface area contributed by atoms with Gasteiger partial charge in [0.1, 0.15) is 19.0 Å². The second-order valence-corrected chi connectivity index (χ2v) is 10.7. The molecule has 5 rings (SSSR count). The molecule has 1 fully saturated rings. The van der Waals surface area contributed by atoms with E-state index in [1.807, 2.05) is 56.3 Å². The average Bonchev–Trinajstić information content (AvgIpc) is 3.14. The Morgan fingerprint density at radius 3 is 2.24 bits per heavy atom. The number of ketones is 1. The highest BCUT2D eigenvalue weighted by Gasteiger charge is 2.47. The first-order chi connectivity index (χ1) is 17.6. The Balaban J connectivity index is 1.71. The fraction of sp³-hybridized carbons (Fsp3) is 0.290. The fourth-order valence-corrected chi connectivity index (χ4v) is 4.90. The predicted molar refractivity (Wildman–Crippen MR) is 143 cm³/mol. The third-order valence-corrected chi connectivity index (χ3v) is 6.99. The molecule has 0 aromatic heterocycles. The van der Waals surface area contributed by atoms with Crippen molar-refractivity contribution in [1.29, 1.82) is 0 Å². The van der Waals surface area contributed by atoms with Gasteiger partial charge in [-0.05, 0) is 54.2 Å². The summed E-state index contributed by atoms with van der Waals surface area (Å²) in [5.74, 6) is -0.494. The van der Waals surface area contributed by atoms with Crippen LogP contribution in [0.25, 0.3) is 5.76 Å². The number of aliphatic hydroxyl groups is 1. The standard InChI is InChI=1S/C31H31NO5/c1-18-6-7-19(2)23(16-18)28(33)26-27(20-8-10-21(11-9-20)31(3,4)5)32(30(35)29(26)34)22-12-13-24-25(17-22)37-15-14-36-24/h6-13,16-17,27,33H,14-15H2,1-5H3/b28-26+. The molecule has 0 saturated carbocycles. The number of Topliss-reactive ketones (excluding diaryl/α,β-unsaturated/α-hetero) is 1. The highest BCUT2D eigenvalue weighted by atomic mass is 16.6. The number of amides is 1. The molecule has 37 heavy (non-hydrogen) atoms. The zero-order valence-corrected chi connectivity index (χ0v) is 21.8. The first kappa shape index (κ1) is 24.6. The summed E-state index contributed by atoms with van der Waals surface area (Å²) < 4.78 is 11.4. The first-order valence-electron chi connectivity index (χ1n) is 12.4. The van der Waals surface area contributed by atoms with E-state index >= 15 is 0 Å². The summed E-state index contributed by atoms with van der Waals surface area (Å²) in [4.78, 5) is 28.5. The zero-order chi connectivity index (χ0) is 26.5. The lowest BCUT2D eigenvalue weighted by Gasteiger charge is -2.28. The van der Waals surface area contributed by atoms with E-state index in [2.05, 4.69) is 20.8 Å². The SMILES string of the molecule is Cc1ccc(C)c(/C(O)=C2\C(=O)C(=O)N(c3ccc4c(c3)OCCO4)C2c2ccc(C(C)(C)C)cc2)c1. The highest BCUT2D eigenvalue weighted by molar-refractivity contribution is 6.51. The Kier molecular flexibility index (Phi) is 6.06. The van der Waals surface area contributed by atoms with Crippen molar-refractivity contribution in [1.82, 2.24) is 0 Å². The van der Waals surface area contributed by atoms with Crippen molar-refractivity contribution < 1.29 is 24.2 Å². The Morgan fingerprint density at radius 2 is 1.57 bits per heavy atom. The fourth-order valence-electron chi connectivity index (χ4n) is 4.90. The molecule has 1 amide bonds. The van der Waals surface area contributed by atoms with Crippen molar-refractivity contribution in [2.45, 2.75) is 46.1 Å². The van der Waals surface area contributed by atoms with E-state index in [-0.39, 0.29) is 16.7 Å². The maximum absolute atomic E-state index is 13.5. The van der Waals surface area contributed by atoms with E-state index in [0.717, 1.165) is 22.3 Å². The van der Waals surface area contributed by atoms with Crippen molar-refractivity contribution in [3.05, 3.63) is 94.1 Å². The van der Waals surface area contributed by atoms with Crippen LogP contribution in [0, 0.1) is 13.8 Å². The van der Waals surface area contributed by atoms with Crippen LogP contribution in [0.2, 0.25) is 0 Å². The third-order valence-electron chi connectivity index (χ3n) is 6.99. The summed E-state index contributed by atoms with van der Waals surface area (Å²) in [6, 6.07) is 18.0. The third kappa shape index (κ3) is 4.37. The number of aliphatic hydroxyl groups excluding tert-OH is 1. The molecule has 2 heterocycles. The lowest BCUT2D eigenvalue weighted by atomic mass is 9.85. The summed E-state index contributed by atoms with van der Waals surface area (Å²) in [6.07, 6.45) is 0. The van der Waals surface area contributed by atoms with Crippen LogP contribution >= 0.6 is 0 Å². The summed E-state index contributed by atoms with van der Waals surface area (Å²) in [7, 11) is 0.